The van der Waals surface area contributed by atoms with Gasteiger partial charge in [-0.25, -0.2) is 0 Å². The minimum atomic E-state index is -0.744. The Labute approximate surface area is 220 Å². The molecule has 1 unspecified atom stereocenters. The van der Waals surface area contributed by atoms with Crippen LogP contribution in [0.25, 0.3) is 16.7 Å². The molecule has 0 fully saturated rings. The third-order valence-electron chi connectivity index (χ3n) is 7.37. The summed E-state index contributed by atoms with van der Waals surface area (Å²) in [6, 6.07) is 12.5. The summed E-state index contributed by atoms with van der Waals surface area (Å²) in [6.07, 6.45) is 6.04. The molecule has 179 valence electrons. The van der Waals surface area contributed by atoms with Gasteiger partial charge in [-0.1, -0.05) is 0 Å². The van der Waals surface area contributed by atoms with Crippen molar-refractivity contribution in [2.45, 2.75) is 97.0 Å². The van der Waals surface area contributed by atoms with Crippen LogP contribution in [0.2, 0.25) is 0 Å². The number of benzene rings is 2. The van der Waals surface area contributed by atoms with Crippen LogP contribution in [0.15, 0.2) is 48.1 Å². The van der Waals surface area contributed by atoms with Crippen molar-refractivity contribution in [3.8, 4) is 11.1 Å². The van der Waals surface area contributed by atoms with Crippen LogP contribution in [-0.2, 0) is 33.6 Å². The van der Waals surface area contributed by atoms with Crippen LogP contribution in [0.3, 0.4) is 0 Å². The molecular formula is C33H43Zr. The van der Waals surface area contributed by atoms with Crippen molar-refractivity contribution in [1.82, 2.24) is 0 Å². The van der Waals surface area contributed by atoms with E-state index in [0.29, 0.717) is 3.63 Å². The fraction of sp³-hybridized carbons (Fsp3) is 0.485. The van der Waals surface area contributed by atoms with Crippen molar-refractivity contribution in [3.05, 3.63) is 75.9 Å². The second-order valence-corrected chi connectivity index (χ2v) is 18.2. The molecule has 2 aromatic rings. The Balaban J connectivity index is 2.03. The zero-order valence-corrected chi connectivity index (χ0v) is 25.8. The predicted octanol–water partition coefficient (Wildman–Crippen LogP) is 9.41. The Morgan fingerprint density at radius 2 is 1.32 bits per heavy atom. The molecule has 4 rings (SSSR count). The van der Waals surface area contributed by atoms with Crippen LogP contribution >= 0.6 is 0 Å². The van der Waals surface area contributed by atoms with Gasteiger partial charge < -0.3 is 0 Å². The third kappa shape index (κ3) is 4.84. The van der Waals surface area contributed by atoms with E-state index in [1.165, 1.54) is 39.0 Å². The van der Waals surface area contributed by atoms with Crippen molar-refractivity contribution >= 4 is 8.78 Å². The zero-order chi connectivity index (χ0) is 25.2. The quantitative estimate of drug-likeness (QED) is 0.363. The summed E-state index contributed by atoms with van der Waals surface area (Å²) in [6.45, 7) is 25.8. The molecule has 0 amide bonds. The SMILES string of the molecule is C[C](C)=[Zr][CH]1c2ccc(C(C)(C)C)cc2-c2cc(C(C)(C)C)cc(C3=CC(C(C)(C)C)=CC3)c21. The first-order chi connectivity index (χ1) is 15.6. The Kier molecular flexibility index (Phi) is 6.56. The Bertz CT molecular complexity index is 1220. The van der Waals surface area contributed by atoms with Crippen LogP contribution in [0.4, 0.5) is 0 Å². The van der Waals surface area contributed by atoms with Crippen LogP contribution in [-0.4, -0.2) is 3.21 Å². The van der Waals surface area contributed by atoms with Gasteiger partial charge in [0.05, 0.1) is 0 Å². The monoisotopic (exact) mass is 529 g/mol. The van der Waals surface area contributed by atoms with Gasteiger partial charge in [0.15, 0.2) is 0 Å². The van der Waals surface area contributed by atoms with Gasteiger partial charge in [0.1, 0.15) is 0 Å². The number of rotatable bonds is 2. The van der Waals surface area contributed by atoms with Gasteiger partial charge in [-0.15, -0.1) is 0 Å². The Hall–Kier alpha value is -1.33. The van der Waals surface area contributed by atoms with Gasteiger partial charge in [-0.05, 0) is 0 Å². The fourth-order valence-electron chi connectivity index (χ4n) is 5.22. The first kappa shape index (κ1) is 25.8. The summed E-state index contributed by atoms with van der Waals surface area (Å²) in [7, 11) is 0. The first-order valence-electron chi connectivity index (χ1n) is 12.9. The summed E-state index contributed by atoms with van der Waals surface area (Å²) in [5, 5.41) is 0. The van der Waals surface area contributed by atoms with Crippen molar-refractivity contribution in [3.63, 3.8) is 0 Å². The van der Waals surface area contributed by atoms with E-state index in [-0.39, 0.29) is 16.2 Å². The summed E-state index contributed by atoms with van der Waals surface area (Å²) in [5.41, 5.74) is 14.2. The molecule has 0 heterocycles. The van der Waals surface area contributed by atoms with Crippen molar-refractivity contribution in [2.75, 3.05) is 0 Å². The molecule has 0 aromatic heterocycles. The van der Waals surface area contributed by atoms with Gasteiger partial charge >= 0.3 is 221 Å². The van der Waals surface area contributed by atoms with Crippen molar-refractivity contribution in [1.29, 1.82) is 0 Å². The molecule has 2 aliphatic rings. The Morgan fingerprint density at radius 1 is 0.735 bits per heavy atom. The van der Waals surface area contributed by atoms with Crippen LogP contribution in [0.5, 0.6) is 0 Å². The molecule has 34 heavy (non-hydrogen) atoms. The molecule has 1 atom stereocenters. The van der Waals surface area contributed by atoms with E-state index in [2.05, 4.69) is 119 Å². The van der Waals surface area contributed by atoms with E-state index < -0.39 is 22.8 Å². The topological polar surface area (TPSA) is 0 Å². The third-order valence-corrected chi connectivity index (χ3v) is 11.0. The summed E-state index contributed by atoms with van der Waals surface area (Å²) in [4.78, 5) is 0. The van der Waals surface area contributed by atoms with E-state index in [4.69, 9.17) is 0 Å². The molecule has 0 spiro atoms. The number of hydrogen-bond donors (Lipinski definition) is 0. The summed E-state index contributed by atoms with van der Waals surface area (Å²) >= 11 is -0.744. The first-order valence-corrected chi connectivity index (χ1v) is 15.5. The van der Waals surface area contributed by atoms with Crippen LogP contribution < -0.4 is 0 Å². The van der Waals surface area contributed by atoms with E-state index >= 15 is 0 Å². The fourth-order valence-corrected chi connectivity index (χ4v) is 8.76. The maximum atomic E-state index is 2.55. The zero-order valence-electron chi connectivity index (χ0n) is 23.3. The molecule has 0 radical (unpaired) electrons. The number of allylic oxidation sites excluding steroid dienone is 4. The Morgan fingerprint density at radius 3 is 1.85 bits per heavy atom. The van der Waals surface area contributed by atoms with E-state index in [1.807, 2.05) is 0 Å². The molecule has 0 N–H and O–H groups in total. The predicted molar refractivity (Wildman–Crippen MR) is 148 cm³/mol. The van der Waals surface area contributed by atoms with Gasteiger partial charge in [0.2, 0.25) is 0 Å². The molecular weight excluding hydrogens is 488 g/mol. The molecule has 0 aliphatic heterocycles. The number of hydrogen-bond acceptors (Lipinski definition) is 0. The minimum absolute atomic E-state index is 0.121. The van der Waals surface area contributed by atoms with Crippen LogP contribution in [0.1, 0.15) is 114 Å². The van der Waals surface area contributed by atoms with E-state index in [9.17, 15) is 0 Å². The molecule has 0 nitrogen and oxygen atoms in total. The van der Waals surface area contributed by atoms with Crippen molar-refractivity contribution < 1.29 is 22.8 Å². The maximum absolute atomic E-state index is 2.55. The summed E-state index contributed by atoms with van der Waals surface area (Å²) in [5.74, 6) is 0. The van der Waals surface area contributed by atoms with Crippen molar-refractivity contribution in [2.24, 2.45) is 5.41 Å². The molecule has 2 aromatic carbocycles. The van der Waals surface area contributed by atoms with Gasteiger partial charge in [0.25, 0.3) is 0 Å². The standard InChI is InChI=1S/C30H37.C3H6.Zr/c1-28(2,3)21-12-10-19(14-21)25-17-23(30(7,8)9)18-27-24-16-22(29(4,5)6)13-11-20(24)15-26(25)27;1-3-2;/h11-18H,10H2,1-9H3;1-2H3;. The molecule has 0 bridgehead atoms. The molecule has 1 heteroatoms. The summed E-state index contributed by atoms with van der Waals surface area (Å²) < 4.78 is 2.28. The van der Waals surface area contributed by atoms with E-state index in [1.54, 1.807) is 14.3 Å². The number of fused-ring (bicyclic) bond motifs is 3. The molecule has 0 saturated carbocycles. The van der Waals surface area contributed by atoms with Gasteiger partial charge in [-0.2, -0.15) is 0 Å². The average Bonchev–Trinajstić information content (AvgIpc) is 3.30. The average molecular weight is 531 g/mol. The van der Waals surface area contributed by atoms with Crippen LogP contribution in [0, 0.1) is 5.41 Å². The molecule has 0 saturated heterocycles. The normalized spacial score (nSPS) is 17.7. The van der Waals surface area contributed by atoms with Gasteiger partial charge in [0, 0.05) is 0 Å². The van der Waals surface area contributed by atoms with E-state index in [0.717, 1.165) is 6.42 Å². The second-order valence-electron chi connectivity index (χ2n) is 13.6. The second kappa shape index (κ2) is 8.66. The molecule has 2 aliphatic carbocycles. The van der Waals surface area contributed by atoms with Gasteiger partial charge in [-0.3, -0.25) is 0 Å².